The van der Waals surface area contributed by atoms with Gasteiger partial charge in [0.25, 0.3) is 0 Å². The van der Waals surface area contributed by atoms with Crippen molar-refractivity contribution in [1.82, 2.24) is 19.7 Å². The highest BCUT2D eigenvalue weighted by Gasteiger charge is 2.33. The second kappa shape index (κ2) is 5.48. The molecule has 6 heteroatoms. The zero-order chi connectivity index (χ0) is 15.0. The summed E-state index contributed by atoms with van der Waals surface area (Å²) in [6, 6.07) is 7.19. The summed E-state index contributed by atoms with van der Waals surface area (Å²) in [6.07, 6.45) is 0.934. The number of hydrogen-bond acceptors (Lipinski definition) is 3. The van der Waals surface area contributed by atoms with Crippen molar-refractivity contribution in [3.63, 3.8) is 0 Å². The summed E-state index contributed by atoms with van der Waals surface area (Å²) < 4.78 is 1.90. The number of nitrogens with zero attached hydrogens (tertiary/aromatic N) is 4. The van der Waals surface area contributed by atoms with Crippen LogP contribution in [-0.2, 0) is 11.3 Å². The van der Waals surface area contributed by atoms with Gasteiger partial charge in [-0.25, -0.2) is 0 Å². The number of halogens is 1. The second-order valence-corrected chi connectivity index (χ2v) is 5.63. The van der Waals surface area contributed by atoms with E-state index < -0.39 is 0 Å². The maximum atomic E-state index is 12.5. The minimum absolute atomic E-state index is 0.109. The van der Waals surface area contributed by atoms with Crippen LogP contribution in [0.2, 0.25) is 5.02 Å². The van der Waals surface area contributed by atoms with Gasteiger partial charge < -0.3 is 4.90 Å². The standard InChI is InChI=1S/C15H17ClN4O/c1-3-8-19-9-13-17-18-14(20(13)10(2)15(19)21)11-6-4-5-7-12(11)16/h4-7,10H,3,8-9H2,1-2H3/t10-/m1/s1. The van der Waals surface area contributed by atoms with Crippen molar-refractivity contribution in [2.24, 2.45) is 0 Å². The normalized spacial score (nSPS) is 18.0. The molecule has 110 valence electrons. The summed E-state index contributed by atoms with van der Waals surface area (Å²) in [7, 11) is 0. The van der Waals surface area contributed by atoms with Crippen molar-refractivity contribution in [3.8, 4) is 11.4 Å². The van der Waals surface area contributed by atoms with E-state index in [2.05, 4.69) is 17.1 Å². The molecule has 2 heterocycles. The van der Waals surface area contributed by atoms with E-state index in [1.807, 2.05) is 40.7 Å². The number of aromatic nitrogens is 3. The van der Waals surface area contributed by atoms with E-state index in [0.717, 1.165) is 24.4 Å². The lowest BCUT2D eigenvalue weighted by Gasteiger charge is -2.31. The van der Waals surface area contributed by atoms with Gasteiger partial charge >= 0.3 is 0 Å². The molecule has 2 aromatic rings. The molecule has 0 unspecified atom stereocenters. The fourth-order valence-corrected chi connectivity index (χ4v) is 2.97. The van der Waals surface area contributed by atoms with Crippen LogP contribution in [0.1, 0.15) is 32.1 Å². The fraction of sp³-hybridized carbons (Fsp3) is 0.400. The summed E-state index contributed by atoms with van der Waals surface area (Å²) in [5.74, 6) is 1.58. The molecular weight excluding hydrogens is 288 g/mol. The Kier molecular flexibility index (Phi) is 3.68. The van der Waals surface area contributed by atoms with Gasteiger partial charge in [0.05, 0.1) is 11.6 Å². The summed E-state index contributed by atoms with van der Waals surface area (Å²) in [5, 5.41) is 9.12. The maximum Gasteiger partial charge on any atom is 0.245 e. The van der Waals surface area contributed by atoms with Gasteiger partial charge in [-0.15, -0.1) is 10.2 Å². The van der Waals surface area contributed by atoms with Gasteiger partial charge in [-0.2, -0.15) is 0 Å². The first-order valence-corrected chi connectivity index (χ1v) is 7.48. The number of rotatable bonds is 3. The first-order valence-electron chi connectivity index (χ1n) is 7.11. The lowest BCUT2D eigenvalue weighted by atomic mass is 10.1. The molecule has 1 amide bonds. The van der Waals surface area contributed by atoms with E-state index in [4.69, 9.17) is 11.6 Å². The molecule has 0 saturated carbocycles. The molecule has 0 bridgehead atoms. The lowest BCUT2D eigenvalue weighted by Crippen LogP contribution is -2.42. The molecule has 21 heavy (non-hydrogen) atoms. The average molecular weight is 305 g/mol. The molecule has 1 aromatic heterocycles. The van der Waals surface area contributed by atoms with Crippen LogP contribution in [0.5, 0.6) is 0 Å². The van der Waals surface area contributed by atoms with E-state index in [-0.39, 0.29) is 11.9 Å². The number of carbonyl (C=O) groups excluding carboxylic acids is 1. The third-order valence-corrected chi connectivity index (χ3v) is 4.09. The number of hydrogen-bond donors (Lipinski definition) is 0. The lowest BCUT2D eigenvalue weighted by molar-refractivity contribution is -0.136. The first kappa shape index (κ1) is 14.1. The Morgan fingerprint density at radius 2 is 2.10 bits per heavy atom. The number of benzene rings is 1. The predicted octanol–water partition coefficient (Wildman–Crippen LogP) is 2.91. The van der Waals surface area contributed by atoms with Crippen LogP contribution in [0.3, 0.4) is 0 Å². The van der Waals surface area contributed by atoms with Crippen LogP contribution in [0.4, 0.5) is 0 Å². The number of amides is 1. The molecule has 3 rings (SSSR count). The second-order valence-electron chi connectivity index (χ2n) is 5.23. The van der Waals surface area contributed by atoms with E-state index in [1.54, 1.807) is 0 Å². The fourth-order valence-electron chi connectivity index (χ4n) is 2.75. The third kappa shape index (κ3) is 2.31. The largest absolute Gasteiger partial charge is 0.333 e. The van der Waals surface area contributed by atoms with Crippen LogP contribution in [0.25, 0.3) is 11.4 Å². The van der Waals surface area contributed by atoms with Gasteiger partial charge in [0, 0.05) is 12.1 Å². The van der Waals surface area contributed by atoms with E-state index in [0.29, 0.717) is 17.4 Å². The molecule has 5 nitrogen and oxygen atoms in total. The Balaban J connectivity index is 2.06. The number of carbonyl (C=O) groups is 1. The van der Waals surface area contributed by atoms with Crippen molar-refractivity contribution in [3.05, 3.63) is 35.1 Å². The summed E-state index contributed by atoms with van der Waals surface area (Å²) in [6.45, 7) is 5.20. The molecule has 0 aliphatic carbocycles. The molecule has 1 aromatic carbocycles. The van der Waals surface area contributed by atoms with Crippen LogP contribution in [0, 0.1) is 0 Å². The molecule has 0 N–H and O–H groups in total. The highest BCUT2D eigenvalue weighted by Crippen LogP contribution is 2.31. The van der Waals surface area contributed by atoms with E-state index in [1.165, 1.54) is 0 Å². The average Bonchev–Trinajstić information content (AvgIpc) is 2.89. The van der Waals surface area contributed by atoms with Crippen molar-refractivity contribution < 1.29 is 4.79 Å². The van der Waals surface area contributed by atoms with Gasteiger partial charge in [0.15, 0.2) is 11.6 Å². The molecule has 0 radical (unpaired) electrons. The minimum atomic E-state index is -0.304. The zero-order valence-electron chi connectivity index (χ0n) is 12.1. The highest BCUT2D eigenvalue weighted by molar-refractivity contribution is 6.33. The van der Waals surface area contributed by atoms with Gasteiger partial charge in [0.2, 0.25) is 5.91 Å². The van der Waals surface area contributed by atoms with Crippen molar-refractivity contribution in [1.29, 1.82) is 0 Å². The van der Waals surface area contributed by atoms with Gasteiger partial charge in [-0.1, -0.05) is 30.7 Å². The maximum absolute atomic E-state index is 12.5. The van der Waals surface area contributed by atoms with Crippen LogP contribution >= 0.6 is 11.6 Å². The molecule has 0 spiro atoms. The molecule has 1 aliphatic heterocycles. The van der Waals surface area contributed by atoms with E-state index >= 15 is 0 Å². The Morgan fingerprint density at radius 3 is 2.81 bits per heavy atom. The predicted molar refractivity (Wildman–Crippen MR) is 80.9 cm³/mol. The minimum Gasteiger partial charge on any atom is -0.333 e. The molecule has 0 saturated heterocycles. The van der Waals surface area contributed by atoms with E-state index in [9.17, 15) is 4.79 Å². The third-order valence-electron chi connectivity index (χ3n) is 3.76. The molecule has 1 atom stereocenters. The van der Waals surface area contributed by atoms with Crippen LogP contribution in [0.15, 0.2) is 24.3 Å². The van der Waals surface area contributed by atoms with Gasteiger partial charge in [0.1, 0.15) is 6.04 Å². The monoisotopic (exact) mass is 304 g/mol. The summed E-state index contributed by atoms with van der Waals surface area (Å²) in [5.41, 5.74) is 0.807. The Labute approximate surface area is 128 Å². The highest BCUT2D eigenvalue weighted by atomic mass is 35.5. The van der Waals surface area contributed by atoms with Gasteiger partial charge in [-0.3, -0.25) is 9.36 Å². The Bertz CT molecular complexity index is 682. The van der Waals surface area contributed by atoms with Crippen LogP contribution < -0.4 is 0 Å². The summed E-state index contributed by atoms with van der Waals surface area (Å²) >= 11 is 6.24. The van der Waals surface area contributed by atoms with Crippen molar-refractivity contribution in [2.45, 2.75) is 32.9 Å². The number of fused-ring (bicyclic) bond motifs is 1. The van der Waals surface area contributed by atoms with Crippen molar-refractivity contribution in [2.75, 3.05) is 6.54 Å². The smallest absolute Gasteiger partial charge is 0.245 e. The topological polar surface area (TPSA) is 51.0 Å². The zero-order valence-corrected chi connectivity index (χ0v) is 12.8. The summed E-state index contributed by atoms with van der Waals surface area (Å²) in [4.78, 5) is 14.3. The Hall–Kier alpha value is -1.88. The molecular formula is C15H17ClN4O. The molecule has 1 aliphatic rings. The Morgan fingerprint density at radius 1 is 1.33 bits per heavy atom. The van der Waals surface area contributed by atoms with Crippen LogP contribution in [-0.4, -0.2) is 32.1 Å². The quantitative estimate of drug-likeness (QED) is 0.876. The van der Waals surface area contributed by atoms with Gasteiger partial charge in [-0.05, 0) is 25.5 Å². The van der Waals surface area contributed by atoms with Crippen molar-refractivity contribution >= 4 is 17.5 Å². The molecule has 0 fully saturated rings. The SMILES string of the molecule is CCCN1Cc2nnc(-c3ccccc3Cl)n2[C@H](C)C1=O. The first-order chi connectivity index (χ1) is 10.1.